The second kappa shape index (κ2) is 7.22. The molecule has 1 fully saturated rings. The maximum Gasteiger partial charge on any atom is 0.223 e. The molecule has 0 N–H and O–H groups in total. The summed E-state index contributed by atoms with van der Waals surface area (Å²) in [5, 5.41) is 4.50. The van der Waals surface area contributed by atoms with E-state index in [0.717, 1.165) is 74.2 Å². The van der Waals surface area contributed by atoms with Crippen LogP contribution in [-0.2, 0) is 30.2 Å². The number of aromatic nitrogens is 5. The Morgan fingerprint density at radius 3 is 2.62 bits per heavy atom. The van der Waals surface area contributed by atoms with Crippen molar-refractivity contribution in [1.82, 2.24) is 24.7 Å². The van der Waals surface area contributed by atoms with Gasteiger partial charge in [0.1, 0.15) is 5.60 Å². The van der Waals surface area contributed by atoms with E-state index in [0.29, 0.717) is 0 Å². The van der Waals surface area contributed by atoms with Crippen molar-refractivity contribution >= 4 is 5.95 Å². The minimum atomic E-state index is -0.331. The summed E-state index contributed by atoms with van der Waals surface area (Å²) in [4.78, 5) is 16.6. The van der Waals surface area contributed by atoms with Gasteiger partial charge in [-0.15, -0.1) is 0 Å². The van der Waals surface area contributed by atoms with Crippen LogP contribution in [0.2, 0.25) is 0 Å². The van der Waals surface area contributed by atoms with Gasteiger partial charge in [-0.3, -0.25) is 0 Å². The highest BCUT2D eigenvalue weighted by Gasteiger charge is 2.43. The van der Waals surface area contributed by atoms with Crippen LogP contribution in [0.1, 0.15) is 36.8 Å². The average molecular weight is 390 g/mol. The summed E-state index contributed by atoms with van der Waals surface area (Å²) in [5.41, 5.74) is 3.00. The van der Waals surface area contributed by atoms with Crippen LogP contribution < -0.4 is 4.90 Å². The van der Waals surface area contributed by atoms with Gasteiger partial charge in [-0.1, -0.05) is 37.3 Å². The first-order chi connectivity index (χ1) is 14.2. The molecule has 0 aliphatic carbocycles. The Morgan fingerprint density at radius 1 is 1.10 bits per heavy atom. The molecule has 29 heavy (non-hydrogen) atoms. The van der Waals surface area contributed by atoms with Crippen molar-refractivity contribution in [3.8, 4) is 11.4 Å². The zero-order valence-corrected chi connectivity index (χ0v) is 17.0. The molecule has 2 aliphatic heterocycles. The van der Waals surface area contributed by atoms with E-state index in [1.807, 2.05) is 36.1 Å². The highest BCUT2D eigenvalue weighted by Crippen LogP contribution is 2.41. The number of nitrogens with zero attached hydrogens (tertiary/aromatic N) is 6. The number of aryl methyl sites for hydroxylation is 2. The van der Waals surface area contributed by atoms with Gasteiger partial charge in [-0.25, -0.2) is 14.6 Å². The Bertz CT molecular complexity index is 1010. The minimum Gasteiger partial charge on any atom is -0.368 e. The van der Waals surface area contributed by atoms with Crippen molar-refractivity contribution in [3.05, 3.63) is 53.6 Å². The van der Waals surface area contributed by atoms with Crippen LogP contribution in [0.15, 0.2) is 36.5 Å². The largest absolute Gasteiger partial charge is 0.368 e. The van der Waals surface area contributed by atoms with Crippen LogP contribution in [0, 0.1) is 0 Å². The SMILES string of the molecule is CCc1nc(N2CCC3(CC2)OCCc2cnc(-c4ccccc4)nc23)n(C)n1. The van der Waals surface area contributed by atoms with E-state index in [-0.39, 0.29) is 5.60 Å². The second-order valence-corrected chi connectivity index (χ2v) is 7.82. The summed E-state index contributed by atoms with van der Waals surface area (Å²) in [7, 11) is 1.97. The summed E-state index contributed by atoms with van der Waals surface area (Å²) >= 11 is 0. The topological polar surface area (TPSA) is 69.0 Å². The average Bonchev–Trinajstić information content (AvgIpc) is 3.16. The monoisotopic (exact) mass is 390 g/mol. The van der Waals surface area contributed by atoms with Crippen LogP contribution in [0.25, 0.3) is 11.4 Å². The summed E-state index contributed by atoms with van der Waals surface area (Å²) in [6, 6.07) is 10.2. The Labute approximate surface area is 170 Å². The summed E-state index contributed by atoms with van der Waals surface area (Å²) in [6.07, 6.45) is 5.50. The number of rotatable bonds is 3. The number of ether oxygens (including phenoxy) is 1. The van der Waals surface area contributed by atoms with Gasteiger partial charge in [-0.2, -0.15) is 10.1 Å². The van der Waals surface area contributed by atoms with Gasteiger partial charge in [0, 0.05) is 38.3 Å². The van der Waals surface area contributed by atoms with Gasteiger partial charge in [0.15, 0.2) is 11.6 Å². The quantitative estimate of drug-likeness (QED) is 0.685. The van der Waals surface area contributed by atoms with Gasteiger partial charge in [-0.05, 0) is 24.8 Å². The van der Waals surface area contributed by atoms with Crippen molar-refractivity contribution in [2.24, 2.45) is 7.05 Å². The zero-order chi connectivity index (χ0) is 19.8. The lowest BCUT2D eigenvalue weighted by Crippen LogP contribution is -2.48. The van der Waals surface area contributed by atoms with Gasteiger partial charge < -0.3 is 9.64 Å². The molecule has 4 heterocycles. The van der Waals surface area contributed by atoms with Crippen LogP contribution in [0.5, 0.6) is 0 Å². The van der Waals surface area contributed by atoms with E-state index in [1.165, 1.54) is 5.56 Å². The van der Waals surface area contributed by atoms with Crippen molar-refractivity contribution in [1.29, 1.82) is 0 Å². The predicted octanol–water partition coefficient (Wildman–Crippen LogP) is 2.90. The zero-order valence-electron chi connectivity index (χ0n) is 17.0. The molecule has 3 aromatic rings. The van der Waals surface area contributed by atoms with Crippen LogP contribution >= 0.6 is 0 Å². The molecule has 0 atom stereocenters. The molecular formula is C22H26N6O. The molecule has 7 heteroatoms. The van der Waals surface area contributed by atoms with Gasteiger partial charge >= 0.3 is 0 Å². The molecule has 5 rings (SSSR count). The first kappa shape index (κ1) is 18.2. The number of hydrogen-bond donors (Lipinski definition) is 0. The molecular weight excluding hydrogens is 364 g/mol. The third-order valence-electron chi connectivity index (χ3n) is 6.03. The fraction of sp³-hybridized carbons (Fsp3) is 0.455. The molecule has 150 valence electrons. The first-order valence-electron chi connectivity index (χ1n) is 10.4. The molecule has 2 aromatic heterocycles. The van der Waals surface area contributed by atoms with E-state index in [2.05, 4.69) is 34.0 Å². The van der Waals surface area contributed by atoms with Gasteiger partial charge in [0.05, 0.1) is 12.3 Å². The fourth-order valence-corrected chi connectivity index (χ4v) is 4.44. The van der Waals surface area contributed by atoms with Crippen LogP contribution in [0.4, 0.5) is 5.95 Å². The van der Waals surface area contributed by atoms with Gasteiger partial charge in [0.2, 0.25) is 5.95 Å². The third-order valence-corrected chi connectivity index (χ3v) is 6.03. The lowest BCUT2D eigenvalue weighted by molar-refractivity contribution is -0.0802. The van der Waals surface area contributed by atoms with Crippen LogP contribution in [0.3, 0.4) is 0 Å². The second-order valence-electron chi connectivity index (χ2n) is 7.82. The summed E-state index contributed by atoms with van der Waals surface area (Å²) in [5.74, 6) is 2.61. The summed E-state index contributed by atoms with van der Waals surface area (Å²) in [6.45, 7) is 4.56. The Morgan fingerprint density at radius 2 is 1.90 bits per heavy atom. The van der Waals surface area contributed by atoms with Crippen molar-refractivity contribution in [2.45, 2.75) is 38.2 Å². The lowest BCUT2D eigenvalue weighted by atomic mass is 9.83. The highest BCUT2D eigenvalue weighted by atomic mass is 16.5. The lowest BCUT2D eigenvalue weighted by Gasteiger charge is -2.44. The molecule has 0 saturated carbocycles. The Hall–Kier alpha value is -2.80. The van der Waals surface area contributed by atoms with E-state index in [4.69, 9.17) is 14.7 Å². The maximum absolute atomic E-state index is 6.40. The third kappa shape index (κ3) is 3.19. The van der Waals surface area contributed by atoms with E-state index in [1.54, 1.807) is 0 Å². The Balaban J connectivity index is 1.44. The van der Waals surface area contributed by atoms with Crippen LogP contribution in [-0.4, -0.2) is 44.4 Å². The molecule has 0 amide bonds. The molecule has 0 unspecified atom stereocenters. The van der Waals surface area contributed by atoms with Crippen molar-refractivity contribution in [3.63, 3.8) is 0 Å². The maximum atomic E-state index is 6.40. The smallest absolute Gasteiger partial charge is 0.223 e. The number of anilines is 1. The van der Waals surface area contributed by atoms with E-state index in [9.17, 15) is 0 Å². The van der Waals surface area contributed by atoms with E-state index < -0.39 is 0 Å². The Kier molecular flexibility index (Phi) is 4.54. The molecule has 1 spiro atoms. The molecule has 0 radical (unpaired) electrons. The van der Waals surface area contributed by atoms with Crippen molar-refractivity contribution < 1.29 is 4.74 Å². The number of benzene rings is 1. The first-order valence-corrected chi connectivity index (χ1v) is 10.4. The molecule has 7 nitrogen and oxygen atoms in total. The number of piperidine rings is 1. The molecule has 2 aliphatic rings. The number of hydrogen-bond acceptors (Lipinski definition) is 6. The van der Waals surface area contributed by atoms with Gasteiger partial charge in [0.25, 0.3) is 0 Å². The molecule has 1 aromatic carbocycles. The molecule has 1 saturated heterocycles. The normalized spacial score (nSPS) is 18.1. The standard InChI is InChI=1S/C22H26N6O/c1-3-18-24-21(27(2)26-18)28-12-10-22(11-13-28)19-17(9-14-29-22)15-23-20(25-19)16-7-5-4-6-8-16/h4-8,15H,3,9-14H2,1-2H3. The predicted molar refractivity (Wildman–Crippen MR) is 111 cm³/mol. The van der Waals surface area contributed by atoms with E-state index >= 15 is 0 Å². The summed E-state index contributed by atoms with van der Waals surface area (Å²) < 4.78 is 8.30. The fourth-order valence-electron chi connectivity index (χ4n) is 4.44. The highest BCUT2D eigenvalue weighted by molar-refractivity contribution is 5.55. The number of fused-ring (bicyclic) bond motifs is 2. The molecule has 0 bridgehead atoms. The van der Waals surface area contributed by atoms with Crippen molar-refractivity contribution in [2.75, 3.05) is 24.6 Å². The minimum absolute atomic E-state index is 0.331.